The van der Waals surface area contributed by atoms with E-state index < -0.39 is 0 Å². The second kappa shape index (κ2) is 4.42. The molecule has 1 aromatic carbocycles. The van der Waals surface area contributed by atoms with Crippen LogP contribution < -0.4 is 4.74 Å². The van der Waals surface area contributed by atoms with Gasteiger partial charge in [-0.15, -0.1) is 0 Å². The third-order valence-corrected chi connectivity index (χ3v) is 2.44. The average molecular weight is 243 g/mol. The average Bonchev–Trinajstić information content (AvgIpc) is 2.17. The van der Waals surface area contributed by atoms with Gasteiger partial charge in [-0.3, -0.25) is 4.79 Å². The highest BCUT2D eigenvalue weighted by molar-refractivity contribution is 9.09. The number of halogens is 1. The van der Waals surface area contributed by atoms with E-state index >= 15 is 0 Å². The number of carbonyl (C=O) groups excluding carboxylic acids is 1. The maximum absolute atomic E-state index is 11.4. The molecular weight excluding hydrogens is 232 g/mol. The van der Waals surface area contributed by atoms with Gasteiger partial charge in [0, 0.05) is 11.1 Å². The normalized spacial score (nSPS) is 9.77. The van der Waals surface area contributed by atoms with Crippen LogP contribution >= 0.6 is 15.9 Å². The van der Waals surface area contributed by atoms with Crippen molar-refractivity contribution < 1.29 is 9.53 Å². The number of rotatable bonds is 3. The Hall–Kier alpha value is -0.830. The molecular formula is C10H11BrO2. The summed E-state index contributed by atoms with van der Waals surface area (Å²) < 4.78 is 5.11. The number of ether oxygens (including phenoxy) is 1. The van der Waals surface area contributed by atoms with Crippen LogP contribution in [0.4, 0.5) is 0 Å². The maximum atomic E-state index is 11.4. The number of Topliss-reactive ketones (excluding diaryl/α,β-unsaturated/α-hetero) is 1. The fraction of sp³-hybridized carbons (Fsp3) is 0.300. The first-order valence-electron chi connectivity index (χ1n) is 3.93. The largest absolute Gasteiger partial charge is 0.496 e. The van der Waals surface area contributed by atoms with Crippen LogP contribution in [-0.4, -0.2) is 18.2 Å². The summed E-state index contributed by atoms with van der Waals surface area (Å²) in [6.07, 6.45) is 0. The molecule has 2 nitrogen and oxygen atoms in total. The molecule has 0 radical (unpaired) electrons. The Morgan fingerprint density at radius 1 is 1.54 bits per heavy atom. The van der Waals surface area contributed by atoms with Gasteiger partial charge in [0.2, 0.25) is 0 Å². The molecule has 0 aliphatic rings. The Kier molecular flexibility index (Phi) is 3.48. The molecule has 0 fully saturated rings. The van der Waals surface area contributed by atoms with Crippen LogP contribution in [-0.2, 0) is 0 Å². The number of hydrogen-bond donors (Lipinski definition) is 0. The van der Waals surface area contributed by atoms with Gasteiger partial charge >= 0.3 is 0 Å². The van der Waals surface area contributed by atoms with E-state index in [0.29, 0.717) is 5.33 Å². The van der Waals surface area contributed by atoms with Gasteiger partial charge in [0.15, 0.2) is 5.78 Å². The maximum Gasteiger partial charge on any atom is 0.173 e. The standard InChI is InChI=1S/C10H11BrO2/c1-7-8(9(12)6-11)4-3-5-10(7)13-2/h3-5H,6H2,1-2H3. The van der Waals surface area contributed by atoms with E-state index in [-0.39, 0.29) is 5.78 Å². The number of ketones is 1. The van der Waals surface area contributed by atoms with Crippen molar-refractivity contribution in [2.75, 3.05) is 12.4 Å². The number of hydrogen-bond acceptors (Lipinski definition) is 2. The molecule has 0 bridgehead atoms. The van der Waals surface area contributed by atoms with Gasteiger partial charge in [-0.2, -0.15) is 0 Å². The summed E-state index contributed by atoms with van der Waals surface area (Å²) in [5, 5.41) is 0.348. The van der Waals surface area contributed by atoms with E-state index in [1.807, 2.05) is 19.1 Å². The van der Waals surface area contributed by atoms with Crippen LogP contribution in [0.2, 0.25) is 0 Å². The van der Waals surface area contributed by atoms with Gasteiger partial charge in [-0.25, -0.2) is 0 Å². The summed E-state index contributed by atoms with van der Waals surface area (Å²) in [5.41, 5.74) is 1.62. The van der Waals surface area contributed by atoms with Crippen LogP contribution in [0.5, 0.6) is 5.75 Å². The molecule has 13 heavy (non-hydrogen) atoms. The Labute approximate surface area is 86.0 Å². The Morgan fingerprint density at radius 3 is 2.77 bits per heavy atom. The monoisotopic (exact) mass is 242 g/mol. The SMILES string of the molecule is COc1cccc(C(=O)CBr)c1C. The zero-order chi connectivity index (χ0) is 9.84. The van der Waals surface area contributed by atoms with Crippen molar-refractivity contribution in [3.8, 4) is 5.75 Å². The summed E-state index contributed by atoms with van der Waals surface area (Å²) in [7, 11) is 1.60. The second-order valence-corrected chi connectivity index (χ2v) is 3.25. The summed E-state index contributed by atoms with van der Waals surface area (Å²) >= 11 is 3.14. The summed E-state index contributed by atoms with van der Waals surface area (Å²) in [5.74, 6) is 0.836. The van der Waals surface area contributed by atoms with Crippen molar-refractivity contribution in [1.82, 2.24) is 0 Å². The first-order chi connectivity index (χ1) is 6.20. The number of benzene rings is 1. The smallest absolute Gasteiger partial charge is 0.173 e. The van der Waals surface area contributed by atoms with Gasteiger partial charge in [-0.1, -0.05) is 28.1 Å². The molecule has 70 valence electrons. The molecule has 0 heterocycles. The number of methoxy groups -OCH3 is 1. The molecule has 0 aliphatic heterocycles. The van der Waals surface area contributed by atoms with E-state index in [1.54, 1.807) is 13.2 Å². The highest BCUT2D eigenvalue weighted by Gasteiger charge is 2.09. The zero-order valence-corrected chi connectivity index (χ0v) is 9.22. The highest BCUT2D eigenvalue weighted by Crippen LogP contribution is 2.21. The molecule has 0 amide bonds. The van der Waals surface area contributed by atoms with Crippen molar-refractivity contribution in [2.24, 2.45) is 0 Å². The Bertz CT molecular complexity index is 321. The molecule has 3 heteroatoms. The topological polar surface area (TPSA) is 26.3 Å². The quantitative estimate of drug-likeness (QED) is 0.602. The molecule has 0 unspecified atom stereocenters. The van der Waals surface area contributed by atoms with Crippen molar-refractivity contribution in [1.29, 1.82) is 0 Å². The molecule has 0 saturated heterocycles. The van der Waals surface area contributed by atoms with Gasteiger partial charge in [0.1, 0.15) is 5.75 Å². The number of carbonyl (C=O) groups is 1. The van der Waals surface area contributed by atoms with Crippen LogP contribution in [0.3, 0.4) is 0 Å². The fourth-order valence-electron chi connectivity index (χ4n) is 1.21. The van der Waals surface area contributed by atoms with Crippen molar-refractivity contribution >= 4 is 21.7 Å². The minimum Gasteiger partial charge on any atom is -0.496 e. The van der Waals surface area contributed by atoms with Gasteiger partial charge in [0.25, 0.3) is 0 Å². The minimum atomic E-state index is 0.0800. The van der Waals surface area contributed by atoms with Crippen LogP contribution in [0.15, 0.2) is 18.2 Å². The lowest BCUT2D eigenvalue weighted by Crippen LogP contribution is -2.03. The lowest BCUT2D eigenvalue weighted by atomic mass is 10.1. The fourth-order valence-corrected chi connectivity index (χ4v) is 1.51. The third-order valence-electron chi connectivity index (χ3n) is 1.93. The van der Waals surface area contributed by atoms with Crippen molar-refractivity contribution in [3.05, 3.63) is 29.3 Å². The summed E-state index contributed by atoms with van der Waals surface area (Å²) in [6.45, 7) is 1.88. The predicted molar refractivity (Wildman–Crippen MR) is 55.9 cm³/mol. The summed E-state index contributed by atoms with van der Waals surface area (Å²) in [4.78, 5) is 11.4. The lowest BCUT2D eigenvalue weighted by molar-refractivity contribution is 0.102. The van der Waals surface area contributed by atoms with E-state index in [0.717, 1.165) is 16.9 Å². The summed E-state index contributed by atoms with van der Waals surface area (Å²) in [6, 6.07) is 5.48. The van der Waals surface area contributed by atoms with Gasteiger partial charge < -0.3 is 4.74 Å². The van der Waals surface area contributed by atoms with Crippen molar-refractivity contribution in [2.45, 2.75) is 6.92 Å². The molecule has 0 saturated carbocycles. The molecule has 0 spiro atoms. The van der Waals surface area contributed by atoms with E-state index in [1.165, 1.54) is 0 Å². The number of alkyl halides is 1. The van der Waals surface area contributed by atoms with E-state index in [4.69, 9.17) is 4.74 Å². The molecule has 0 aliphatic carbocycles. The Morgan fingerprint density at radius 2 is 2.23 bits per heavy atom. The molecule has 0 N–H and O–H groups in total. The van der Waals surface area contributed by atoms with Crippen LogP contribution in [0.1, 0.15) is 15.9 Å². The molecule has 1 aromatic rings. The van der Waals surface area contributed by atoms with Crippen LogP contribution in [0, 0.1) is 6.92 Å². The predicted octanol–water partition coefficient (Wildman–Crippen LogP) is 2.58. The second-order valence-electron chi connectivity index (χ2n) is 2.69. The van der Waals surface area contributed by atoms with E-state index in [9.17, 15) is 4.79 Å². The first-order valence-corrected chi connectivity index (χ1v) is 5.05. The molecule has 1 rings (SSSR count). The van der Waals surface area contributed by atoms with Crippen LogP contribution in [0.25, 0.3) is 0 Å². The third kappa shape index (κ3) is 2.10. The van der Waals surface area contributed by atoms with Crippen molar-refractivity contribution in [3.63, 3.8) is 0 Å². The van der Waals surface area contributed by atoms with E-state index in [2.05, 4.69) is 15.9 Å². The zero-order valence-electron chi connectivity index (χ0n) is 7.63. The Balaban J connectivity index is 3.15. The van der Waals surface area contributed by atoms with Gasteiger partial charge in [0.05, 0.1) is 12.4 Å². The molecule has 0 atom stereocenters. The molecule has 0 aromatic heterocycles. The first kappa shape index (κ1) is 10.3. The van der Waals surface area contributed by atoms with Gasteiger partial charge in [-0.05, 0) is 13.0 Å². The lowest BCUT2D eigenvalue weighted by Gasteiger charge is -2.07. The minimum absolute atomic E-state index is 0.0800. The highest BCUT2D eigenvalue weighted by atomic mass is 79.9.